The molecule has 2 aliphatic rings. The Kier molecular flexibility index (Phi) is 7.33. The fourth-order valence-electron chi connectivity index (χ4n) is 4.47. The number of methoxy groups -OCH3 is 1. The van der Waals surface area contributed by atoms with Gasteiger partial charge in [-0.15, -0.1) is 0 Å². The lowest BCUT2D eigenvalue weighted by Crippen LogP contribution is -2.51. The van der Waals surface area contributed by atoms with Crippen molar-refractivity contribution in [3.8, 4) is 5.75 Å². The molecule has 0 unspecified atom stereocenters. The second kappa shape index (κ2) is 10.2. The van der Waals surface area contributed by atoms with Gasteiger partial charge in [-0.05, 0) is 54.7 Å². The molecule has 0 aromatic heterocycles. The summed E-state index contributed by atoms with van der Waals surface area (Å²) in [6.45, 7) is 0.934. The average Bonchev–Trinajstić information content (AvgIpc) is 2.84. The van der Waals surface area contributed by atoms with Crippen LogP contribution in [0.15, 0.2) is 53.4 Å². The highest BCUT2D eigenvalue weighted by molar-refractivity contribution is 7.89. The van der Waals surface area contributed by atoms with Gasteiger partial charge >= 0.3 is 0 Å². The van der Waals surface area contributed by atoms with Crippen LogP contribution in [0.4, 0.5) is 0 Å². The van der Waals surface area contributed by atoms with Gasteiger partial charge in [-0.1, -0.05) is 24.3 Å². The van der Waals surface area contributed by atoms with E-state index in [4.69, 9.17) is 9.47 Å². The summed E-state index contributed by atoms with van der Waals surface area (Å²) in [5.41, 5.74) is 2.45. The van der Waals surface area contributed by atoms with E-state index in [1.54, 1.807) is 12.1 Å². The highest BCUT2D eigenvalue weighted by Gasteiger charge is 2.35. The van der Waals surface area contributed by atoms with Crippen LogP contribution in [0.5, 0.6) is 5.75 Å². The zero-order valence-electron chi connectivity index (χ0n) is 18.6. The number of aliphatic hydroxyl groups excluding tert-OH is 1. The lowest BCUT2D eigenvalue weighted by Gasteiger charge is -2.37. The van der Waals surface area contributed by atoms with E-state index in [1.807, 2.05) is 23.1 Å². The smallest absolute Gasteiger partial charge is 0.240 e. The first-order valence-corrected chi connectivity index (χ1v) is 12.6. The van der Waals surface area contributed by atoms with Gasteiger partial charge in [0.05, 0.1) is 43.3 Å². The van der Waals surface area contributed by atoms with Gasteiger partial charge in [0.1, 0.15) is 5.75 Å². The van der Waals surface area contributed by atoms with Gasteiger partial charge in [0.25, 0.3) is 0 Å². The predicted molar refractivity (Wildman–Crippen MR) is 122 cm³/mol. The van der Waals surface area contributed by atoms with Crippen molar-refractivity contribution in [1.29, 1.82) is 0 Å². The van der Waals surface area contributed by atoms with E-state index in [2.05, 4.69) is 10.8 Å². The maximum atomic E-state index is 12.9. The average molecular weight is 475 g/mol. The summed E-state index contributed by atoms with van der Waals surface area (Å²) < 4.78 is 39.2. The number of fused-ring (bicyclic) bond motifs is 1. The molecule has 3 atom stereocenters. The van der Waals surface area contributed by atoms with Crippen LogP contribution in [0, 0.1) is 0 Å². The first-order valence-electron chi connectivity index (χ1n) is 11.2. The predicted octanol–water partition coefficient (Wildman–Crippen LogP) is 1.86. The van der Waals surface area contributed by atoms with Crippen molar-refractivity contribution in [2.75, 3.05) is 20.3 Å². The lowest BCUT2D eigenvalue weighted by atomic mass is 9.96. The summed E-state index contributed by atoms with van der Waals surface area (Å²) in [6, 6.07) is 13.7. The highest BCUT2D eigenvalue weighted by Crippen LogP contribution is 2.26. The fraction of sp³-hybridized carbons (Fsp3) is 0.458. The number of ether oxygens (including phenoxy) is 2. The molecule has 1 amide bonds. The zero-order valence-corrected chi connectivity index (χ0v) is 19.5. The summed E-state index contributed by atoms with van der Waals surface area (Å²) in [5, 5.41) is 9.84. The Balaban J connectivity index is 1.34. The van der Waals surface area contributed by atoms with Gasteiger partial charge in [0, 0.05) is 13.1 Å². The number of carbonyl (C=O) groups is 1. The Hall–Kier alpha value is -2.46. The Morgan fingerprint density at radius 1 is 1.15 bits per heavy atom. The largest absolute Gasteiger partial charge is 0.497 e. The van der Waals surface area contributed by atoms with E-state index in [1.165, 1.54) is 30.4 Å². The molecule has 2 N–H and O–H groups in total. The number of amides is 1. The van der Waals surface area contributed by atoms with E-state index < -0.39 is 22.2 Å². The van der Waals surface area contributed by atoms with Crippen LogP contribution in [0.1, 0.15) is 30.4 Å². The molecule has 9 heteroatoms. The minimum absolute atomic E-state index is 0.0171. The normalized spacial score (nSPS) is 23.1. The molecular weight excluding hydrogens is 444 g/mol. The third-order valence-electron chi connectivity index (χ3n) is 6.36. The van der Waals surface area contributed by atoms with Crippen molar-refractivity contribution in [2.45, 2.75) is 55.4 Å². The van der Waals surface area contributed by atoms with E-state index in [-0.39, 0.29) is 29.9 Å². The molecular formula is C24H30N2O6S. The number of rotatable bonds is 7. The quantitative estimate of drug-likeness (QED) is 0.635. The molecule has 0 aliphatic carbocycles. The summed E-state index contributed by atoms with van der Waals surface area (Å²) in [7, 11) is -2.27. The minimum atomic E-state index is -3.79. The van der Waals surface area contributed by atoms with Crippen LogP contribution >= 0.6 is 0 Å². The second-order valence-electron chi connectivity index (χ2n) is 8.50. The topological polar surface area (TPSA) is 105 Å². The third kappa shape index (κ3) is 5.55. The lowest BCUT2D eigenvalue weighted by molar-refractivity contribution is -0.140. The minimum Gasteiger partial charge on any atom is -0.497 e. The fourth-order valence-corrected chi connectivity index (χ4v) is 5.77. The van der Waals surface area contributed by atoms with Crippen LogP contribution in [-0.4, -0.2) is 62.8 Å². The molecule has 0 saturated carbocycles. The summed E-state index contributed by atoms with van der Waals surface area (Å²) in [4.78, 5) is 14.8. The molecule has 2 heterocycles. The summed E-state index contributed by atoms with van der Waals surface area (Å²) in [5.74, 6) is 0.580. The molecule has 1 saturated heterocycles. The number of aliphatic hydroxyl groups is 1. The Labute approximate surface area is 194 Å². The third-order valence-corrected chi connectivity index (χ3v) is 7.86. The van der Waals surface area contributed by atoms with Gasteiger partial charge < -0.3 is 19.5 Å². The number of sulfonamides is 1. The van der Waals surface area contributed by atoms with Crippen LogP contribution in [0.3, 0.4) is 0 Å². The highest BCUT2D eigenvalue weighted by atomic mass is 32.2. The van der Waals surface area contributed by atoms with Gasteiger partial charge in [0.2, 0.25) is 15.9 Å². The van der Waals surface area contributed by atoms with Crippen molar-refractivity contribution in [3.63, 3.8) is 0 Å². The molecule has 178 valence electrons. The first-order chi connectivity index (χ1) is 15.9. The number of benzene rings is 2. The Morgan fingerprint density at radius 2 is 1.88 bits per heavy atom. The Bertz CT molecular complexity index is 1070. The number of nitrogens with zero attached hydrogens (tertiary/aromatic N) is 1. The SMILES string of the molecule is COc1ccc(S(=O)(=O)N[C@@H]2CC[C@H](CC(=O)N3CCc4ccccc4C3)O[C@H]2CO)cc1. The molecule has 0 radical (unpaired) electrons. The van der Waals surface area contributed by atoms with Crippen molar-refractivity contribution in [1.82, 2.24) is 9.62 Å². The van der Waals surface area contributed by atoms with Crippen molar-refractivity contribution in [2.24, 2.45) is 0 Å². The maximum Gasteiger partial charge on any atom is 0.240 e. The molecule has 1 fully saturated rings. The molecule has 4 rings (SSSR count). The molecule has 2 aliphatic heterocycles. The number of hydrogen-bond acceptors (Lipinski definition) is 6. The second-order valence-corrected chi connectivity index (χ2v) is 10.2. The number of carbonyl (C=O) groups excluding carboxylic acids is 1. The van der Waals surface area contributed by atoms with Gasteiger partial charge in [-0.3, -0.25) is 4.79 Å². The summed E-state index contributed by atoms with van der Waals surface area (Å²) >= 11 is 0. The van der Waals surface area contributed by atoms with E-state index in [9.17, 15) is 18.3 Å². The van der Waals surface area contributed by atoms with Crippen molar-refractivity contribution < 1.29 is 27.8 Å². The number of hydrogen-bond donors (Lipinski definition) is 2. The standard InChI is InChI=1S/C24H30N2O6S/c1-31-19-6-9-21(10-7-19)33(29,30)25-22-11-8-20(32-23(22)16-27)14-24(28)26-13-12-17-4-2-3-5-18(17)15-26/h2-7,9-10,20,22-23,25,27H,8,11-16H2,1H3/t20-,22-,23+/m1/s1. The molecule has 0 spiro atoms. The van der Waals surface area contributed by atoms with E-state index >= 15 is 0 Å². The van der Waals surface area contributed by atoms with Crippen LogP contribution in [-0.2, 0) is 32.5 Å². The molecule has 0 bridgehead atoms. The van der Waals surface area contributed by atoms with Gasteiger partial charge in [-0.2, -0.15) is 0 Å². The van der Waals surface area contributed by atoms with Crippen molar-refractivity contribution >= 4 is 15.9 Å². The molecule has 2 aromatic carbocycles. The maximum absolute atomic E-state index is 12.9. The van der Waals surface area contributed by atoms with Gasteiger partial charge in [-0.25, -0.2) is 13.1 Å². The van der Waals surface area contributed by atoms with Crippen LogP contribution in [0.25, 0.3) is 0 Å². The van der Waals surface area contributed by atoms with E-state index in [0.29, 0.717) is 31.7 Å². The monoisotopic (exact) mass is 474 g/mol. The van der Waals surface area contributed by atoms with Crippen LogP contribution in [0.2, 0.25) is 0 Å². The molecule has 2 aromatic rings. The van der Waals surface area contributed by atoms with Gasteiger partial charge in [0.15, 0.2) is 0 Å². The first kappa shape index (κ1) is 23.7. The van der Waals surface area contributed by atoms with Crippen LogP contribution < -0.4 is 9.46 Å². The number of nitrogens with one attached hydrogen (secondary N) is 1. The Morgan fingerprint density at radius 3 is 2.58 bits per heavy atom. The molecule has 8 nitrogen and oxygen atoms in total. The van der Waals surface area contributed by atoms with Crippen molar-refractivity contribution in [3.05, 3.63) is 59.7 Å². The zero-order chi connectivity index (χ0) is 23.4. The molecule has 33 heavy (non-hydrogen) atoms. The van der Waals surface area contributed by atoms with E-state index in [0.717, 1.165) is 6.42 Å². The summed E-state index contributed by atoms with van der Waals surface area (Å²) in [6.07, 6.45) is 0.989.